The van der Waals surface area contributed by atoms with E-state index in [2.05, 4.69) is 34.6 Å². The summed E-state index contributed by atoms with van der Waals surface area (Å²) < 4.78 is 68.7. The number of phosphoric acid groups is 2. The van der Waals surface area contributed by atoms with E-state index in [-0.39, 0.29) is 25.7 Å². The summed E-state index contributed by atoms with van der Waals surface area (Å²) in [5, 5.41) is 10.6. The molecule has 0 fully saturated rings. The van der Waals surface area contributed by atoms with Crippen LogP contribution in [-0.2, 0) is 65.4 Å². The highest BCUT2D eigenvalue weighted by molar-refractivity contribution is 7.47. The van der Waals surface area contributed by atoms with Crippen LogP contribution in [-0.4, -0.2) is 96.7 Å². The number of esters is 4. The number of ether oxygens (including phenoxy) is 4. The summed E-state index contributed by atoms with van der Waals surface area (Å²) in [5.74, 6) is -1.38. The predicted octanol–water partition coefficient (Wildman–Crippen LogP) is 24.4. The number of rotatable bonds is 81. The van der Waals surface area contributed by atoms with Gasteiger partial charge in [0.1, 0.15) is 19.3 Å². The fraction of sp³-hybridized carbons (Fsp3) is 0.951. The third kappa shape index (κ3) is 73.0. The molecule has 100 heavy (non-hydrogen) atoms. The number of aliphatic hydroxyl groups is 1. The number of phosphoric ester groups is 2. The molecular formula is C81H158O17P2. The van der Waals surface area contributed by atoms with E-state index >= 15 is 0 Å². The topological polar surface area (TPSA) is 237 Å². The molecular weight excluding hydrogens is 1310 g/mol. The summed E-state index contributed by atoms with van der Waals surface area (Å²) in [6.45, 7) is 7.30. The van der Waals surface area contributed by atoms with Crippen molar-refractivity contribution in [2.45, 2.75) is 451 Å². The summed E-state index contributed by atoms with van der Waals surface area (Å²) in [6, 6.07) is 0. The average molecular weight is 1470 g/mol. The maximum Gasteiger partial charge on any atom is 0.472 e. The van der Waals surface area contributed by atoms with E-state index in [1.807, 2.05) is 0 Å². The van der Waals surface area contributed by atoms with Crippen molar-refractivity contribution in [3.63, 3.8) is 0 Å². The molecule has 0 amide bonds. The lowest BCUT2D eigenvalue weighted by molar-refractivity contribution is -0.161. The first-order valence-corrected chi connectivity index (χ1v) is 45.2. The SMILES string of the molecule is CCCCCCCCCCCCCCCCCCCCCCC(=O)O[C@H](COC(=O)CCCCCCCCCCCCCCCCC)COP(=O)(O)OC[C@@H](O)COP(=O)(O)OC[C@@H](COC(=O)CCCCCCCCC(C)CC)OC(=O)CCCCCCCCCCCCCCCCC. The fourth-order valence-corrected chi connectivity index (χ4v) is 14.1. The zero-order valence-corrected chi connectivity index (χ0v) is 67.1. The molecule has 0 aromatic heterocycles. The van der Waals surface area contributed by atoms with E-state index in [0.29, 0.717) is 25.7 Å². The molecule has 0 aliphatic carbocycles. The Labute approximate surface area is 613 Å². The normalized spacial score (nSPS) is 14.1. The van der Waals surface area contributed by atoms with Gasteiger partial charge in [0.25, 0.3) is 0 Å². The minimum Gasteiger partial charge on any atom is -0.462 e. The van der Waals surface area contributed by atoms with Gasteiger partial charge in [-0.3, -0.25) is 37.3 Å². The molecule has 0 heterocycles. The smallest absolute Gasteiger partial charge is 0.462 e. The molecule has 0 spiro atoms. The van der Waals surface area contributed by atoms with E-state index in [4.69, 9.17) is 37.0 Å². The van der Waals surface area contributed by atoms with Gasteiger partial charge in [-0.05, 0) is 31.6 Å². The Morgan fingerprint density at radius 3 is 0.710 bits per heavy atom. The summed E-state index contributed by atoms with van der Waals surface area (Å²) in [7, 11) is -9.92. The first kappa shape index (κ1) is 98.1. The number of carbonyl (C=O) groups is 4. The van der Waals surface area contributed by atoms with Crippen LogP contribution >= 0.6 is 15.6 Å². The maximum absolute atomic E-state index is 13.1. The van der Waals surface area contributed by atoms with Crippen LogP contribution in [0.15, 0.2) is 0 Å². The second-order valence-corrected chi connectivity index (χ2v) is 32.3. The molecule has 0 radical (unpaired) electrons. The Bertz CT molecular complexity index is 1910. The third-order valence-electron chi connectivity index (χ3n) is 19.4. The largest absolute Gasteiger partial charge is 0.472 e. The Morgan fingerprint density at radius 1 is 0.280 bits per heavy atom. The van der Waals surface area contributed by atoms with Gasteiger partial charge in [0.2, 0.25) is 0 Å². The van der Waals surface area contributed by atoms with Crippen molar-refractivity contribution in [2.24, 2.45) is 5.92 Å². The van der Waals surface area contributed by atoms with E-state index in [1.165, 1.54) is 250 Å². The Kier molecular flexibility index (Phi) is 72.5. The van der Waals surface area contributed by atoms with Gasteiger partial charge in [-0.1, -0.05) is 381 Å². The summed E-state index contributed by atoms with van der Waals surface area (Å²) in [4.78, 5) is 73.0. The number of unbranched alkanes of at least 4 members (excludes halogenated alkanes) is 52. The van der Waals surface area contributed by atoms with Crippen molar-refractivity contribution in [1.82, 2.24) is 0 Å². The van der Waals surface area contributed by atoms with Crippen molar-refractivity contribution in [3.05, 3.63) is 0 Å². The first-order valence-electron chi connectivity index (χ1n) is 42.2. The number of aliphatic hydroxyl groups excluding tert-OH is 1. The molecule has 3 N–H and O–H groups in total. The second kappa shape index (κ2) is 73.9. The van der Waals surface area contributed by atoms with Crippen LogP contribution in [0.4, 0.5) is 0 Å². The van der Waals surface area contributed by atoms with Crippen LogP contribution in [0.5, 0.6) is 0 Å². The number of hydrogen-bond acceptors (Lipinski definition) is 15. The first-order chi connectivity index (χ1) is 48.6. The van der Waals surface area contributed by atoms with Crippen LogP contribution in [0.1, 0.15) is 433 Å². The monoisotopic (exact) mass is 1470 g/mol. The summed E-state index contributed by atoms with van der Waals surface area (Å²) in [6.07, 6.45) is 65.2. The van der Waals surface area contributed by atoms with Crippen molar-refractivity contribution in [1.29, 1.82) is 0 Å². The Hall–Kier alpha value is -1.94. The highest BCUT2D eigenvalue weighted by Gasteiger charge is 2.30. The van der Waals surface area contributed by atoms with Crippen LogP contribution in [0, 0.1) is 5.92 Å². The molecule has 0 aromatic rings. The van der Waals surface area contributed by atoms with Gasteiger partial charge in [-0.25, -0.2) is 9.13 Å². The molecule has 3 unspecified atom stereocenters. The summed E-state index contributed by atoms with van der Waals surface area (Å²) in [5.41, 5.74) is 0. The molecule has 0 aromatic carbocycles. The quantitative estimate of drug-likeness (QED) is 0.0222. The predicted molar refractivity (Wildman–Crippen MR) is 409 cm³/mol. The van der Waals surface area contributed by atoms with Crippen molar-refractivity contribution >= 4 is 39.5 Å². The number of carbonyl (C=O) groups excluding carboxylic acids is 4. The average Bonchev–Trinajstić information content (AvgIpc) is 0.942. The van der Waals surface area contributed by atoms with Crippen molar-refractivity contribution < 1.29 is 80.2 Å². The van der Waals surface area contributed by atoms with E-state index in [1.54, 1.807) is 0 Å². The van der Waals surface area contributed by atoms with Crippen molar-refractivity contribution in [3.8, 4) is 0 Å². The lowest BCUT2D eigenvalue weighted by Gasteiger charge is -2.21. The lowest BCUT2D eigenvalue weighted by atomic mass is 10.00. The van der Waals surface area contributed by atoms with Gasteiger partial charge < -0.3 is 33.8 Å². The van der Waals surface area contributed by atoms with E-state index < -0.39 is 97.5 Å². The van der Waals surface area contributed by atoms with Gasteiger partial charge in [0, 0.05) is 25.7 Å². The Balaban J connectivity index is 5.23. The van der Waals surface area contributed by atoms with Gasteiger partial charge in [0.05, 0.1) is 26.4 Å². The van der Waals surface area contributed by atoms with Crippen LogP contribution in [0.25, 0.3) is 0 Å². The fourth-order valence-electron chi connectivity index (χ4n) is 12.6. The van der Waals surface area contributed by atoms with Gasteiger partial charge in [-0.15, -0.1) is 0 Å². The molecule has 0 bridgehead atoms. The molecule has 594 valence electrons. The molecule has 0 saturated carbocycles. The van der Waals surface area contributed by atoms with E-state index in [9.17, 15) is 43.2 Å². The van der Waals surface area contributed by atoms with Crippen LogP contribution < -0.4 is 0 Å². The minimum absolute atomic E-state index is 0.108. The molecule has 19 heteroatoms. The molecule has 17 nitrogen and oxygen atoms in total. The maximum atomic E-state index is 13.1. The zero-order valence-electron chi connectivity index (χ0n) is 65.3. The minimum atomic E-state index is -4.96. The second-order valence-electron chi connectivity index (χ2n) is 29.4. The standard InChI is InChI=1S/C81H158O17P2/c1-6-10-13-16-19-22-25-28-31-32-33-34-35-38-41-44-47-50-57-62-66-80(85)97-76(70-91-78(83)64-59-54-48-45-42-39-36-29-26-23-20-17-14-11-7-2)72-95-99(87,88)93-68-75(82)69-94-100(89,90)96-73-77(71-92-79(84)65-60-55-52-51-53-58-63-74(5)9-4)98-81(86)67-61-56-49-46-43-40-37-30-27-24-21-18-15-12-8-3/h74-77,82H,6-73H2,1-5H3,(H,87,88)(H,89,90)/t74?,75-,76-,77-/m1/s1. The third-order valence-corrected chi connectivity index (χ3v) is 21.3. The summed E-state index contributed by atoms with van der Waals surface area (Å²) >= 11 is 0. The van der Waals surface area contributed by atoms with Crippen LogP contribution in [0.3, 0.4) is 0 Å². The number of hydrogen-bond donors (Lipinski definition) is 3. The van der Waals surface area contributed by atoms with Gasteiger partial charge in [0.15, 0.2) is 12.2 Å². The molecule has 0 rings (SSSR count). The molecule has 0 aliphatic rings. The zero-order chi connectivity index (χ0) is 73.4. The van der Waals surface area contributed by atoms with Gasteiger partial charge >= 0.3 is 39.5 Å². The Morgan fingerprint density at radius 2 is 0.480 bits per heavy atom. The highest BCUT2D eigenvalue weighted by atomic mass is 31.2. The lowest BCUT2D eigenvalue weighted by Crippen LogP contribution is -2.30. The molecule has 0 saturated heterocycles. The van der Waals surface area contributed by atoms with E-state index in [0.717, 1.165) is 102 Å². The van der Waals surface area contributed by atoms with Crippen molar-refractivity contribution in [2.75, 3.05) is 39.6 Å². The molecule has 0 aliphatic heterocycles. The molecule has 6 atom stereocenters. The van der Waals surface area contributed by atoms with Crippen LogP contribution in [0.2, 0.25) is 0 Å². The highest BCUT2D eigenvalue weighted by Crippen LogP contribution is 2.45. The van der Waals surface area contributed by atoms with Gasteiger partial charge in [-0.2, -0.15) is 0 Å².